The maximum absolute atomic E-state index is 12.9. The molecule has 3 aromatic rings. The monoisotopic (exact) mass is 432 g/mol. The summed E-state index contributed by atoms with van der Waals surface area (Å²) >= 11 is 0. The molecule has 2 N–H and O–H groups in total. The molecule has 32 heavy (non-hydrogen) atoms. The number of fused-ring (bicyclic) bond motifs is 1. The third-order valence-electron chi connectivity index (χ3n) is 5.67. The van der Waals surface area contributed by atoms with E-state index in [-0.39, 0.29) is 30.3 Å². The van der Waals surface area contributed by atoms with Crippen molar-refractivity contribution >= 4 is 17.6 Å². The third-order valence-corrected chi connectivity index (χ3v) is 5.67. The molecule has 0 saturated carbocycles. The predicted molar refractivity (Wildman–Crippen MR) is 121 cm³/mol. The van der Waals surface area contributed by atoms with Crippen LogP contribution in [0.3, 0.4) is 0 Å². The van der Waals surface area contributed by atoms with Crippen LogP contribution in [0.15, 0.2) is 64.2 Å². The Kier molecular flexibility index (Phi) is 5.77. The standard InChI is InChI=1S/C24H24N4O4/c1-15-8-10-16(11-9-15)13-25-19(29)12-18-20-21(26-22(18)30)28(24(32)27(2)23(20)31)14-17-6-4-3-5-7-17/h3-11,18H,12-14H2,1-2H3,(H,25,29)(H,26,30)/t18-/m1/s1. The average molecular weight is 432 g/mol. The summed E-state index contributed by atoms with van der Waals surface area (Å²) in [7, 11) is 1.38. The van der Waals surface area contributed by atoms with Crippen molar-refractivity contribution in [3.63, 3.8) is 0 Å². The number of nitrogens with zero attached hydrogens (tertiary/aromatic N) is 2. The average Bonchev–Trinajstić information content (AvgIpc) is 3.11. The van der Waals surface area contributed by atoms with Crippen molar-refractivity contribution in [2.24, 2.45) is 7.05 Å². The van der Waals surface area contributed by atoms with Gasteiger partial charge in [-0.3, -0.25) is 23.5 Å². The van der Waals surface area contributed by atoms with Crippen LogP contribution in [0.25, 0.3) is 0 Å². The van der Waals surface area contributed by atoms with Crippen LogP contribution in [0.1, 0.15) is 34.6 Å². The summed E-state index contributed by atoms with van der Waals surface area (Å²) in [4.78, 5) is 50.9. The van der Waals surface area contributed by atoms with Crippen molar-refractivity contribution in [3.05, 3.63) is 97.7 Å². The number of carbonyl (C=O) groups excluding carboxylic acids is 2. The molecule has 0 radical (unpaired) electrons. The summed E-state index contributed by atoms with van der Waals surface area (Å²) < 4.78 is 2.35. The topological polar surface area (TPSA) is 102 Å². The van der Waals surface area contributed by atoms with Crippen LogP contribution in [0, 0.1) is 6.92 Å². The minimum absolute atomic E-state index is 0.151. The van der Waals surface area contributed by atoms with E-state index in [1.165, 1.54) is 11.6 Å². The van der Waals surface area contributed by atoms with Crippen LogP contribution < -0.4 is 21.9 Å². The van der Waals surface area contributed by atoms with Gasteiger partial charge in [-0.2, -0.15) is 0 Å². The fraction of sp³-hybridized carbons (Fsp3) is 0.250. The second-order valence-electron chi connectivity index (χ2n) is 7.99. The van der Waals surface area contributed by atoms with Crippen molar-refractivity contribution in [1.82, 2.24) is 14.5 Å². The largest absolute Gasteiger partial charge is 0.352 e. The molecule has 0 unspecified atom stereocenters. The van der Waals surface area contributed by atoms with E-state index >= 15 is 0 Å². The quantitative estimate of drug-likeness (QED) is 0.618. The van der Waals surface area contributed by atoms with E-state index < -0.39 is 23.1 Å². The zero-order valence-electron chi connectivity index (χ0n) is 17.9. The van der Waals surface area contributed by atoms with Crippen molar-refractivity contribution < 1.29 is 9.59 Å². The molecule has 2 heterocycles. The Morgan fingerprint density at radius 2 is 1.69 bits per heavy atom. The highest BCUT2D eigenvalue weighted by Gasteiger charge is 2.38. The van der Waals surface area contributed by atoms with Gasteiger partial charge in [-0.05, 0) is 18.1 Å². The van der Waals surface area contributed by atoms with Crippen LogP contribution >= 0.6 is 0 Å². The van der Waals surface area contributed by atoms with E-state index in [9.17, 15) is 19.2 Å². The minimum Gasteiger partial charge on any atom is -0.352 e. The number of amides is 2. The Morgan fingerprint density at radius 3 is 2.38 bits per heavy atom. The van der Waals surface area contributed by atoms with Gasteiger partial charge in [0, 0.05) is 20.0 Å². The molecule has 1 aliphatic heterocycles. The molecule has 0 spiro atoms. The summed E-state index contributed by atoms with van der Waals surface area (Å²) in [5, 5.41) is 5.46. The number of nitrogens with one attached hydrogen (secondary N) is 2. The molecular weight excluding hydrogens is 408 g/mol. The van der Waals surface area contributed by atoms with Crippen molar-refractivity contribution in [3.8, 4) is 0 Å². The fourth-order valence-corrected chi connectivity index (χ4v) is 3.85. The molecule has 1 aromatic heterocycles. The Morgan fingerprint density at radius 1 is 1.00 bits per heavy atom. The smallest absolute Gasteiger partial charge is 0.332 e. The van der Waals surface area contributed by atoms with Gasteiger partial charge < -0.3 is 10.6 Å². The van der Waals surface area contributed by atoms with E-state index in [1.54, 1.807) is 0 Å². The third kappa shape index (κ3) is 4.12. The molecule has 2 aromatic carbocycles. The first-order chi connectivity index (χ1) is 15.3. The number of rotatable bonds is 6. The summed E-state index contributed by atoms with van der Waals surface area (Å²) in [5.41, 5.74) is 1.97. The van der Waals surface area contributed by atoms with Crippen molar-refractivity contribution in [2.45, 2.75) is 32.4 Å². The van der Waals surface area contributed by atoms with Crippen LogP contribution in [0.5, 0.6) is 0 Å². The van der Waals surface area contributed by atoms with Crippen LogP contribution in [0.2, 0.25) is 0 Å². The molecule has 8 nitrogen and oxygen atoms in total. The number of hydrogen-bond acceptors (Lipinski definition) is 4. The lowest BCUT2D eigenvalue weighted by Crippen LogP contribution is -2.40. The summed E-state index contributed by atoms with van der Waals surface area (Å²) in [5.74, 6) is -1.59. The molecule has 0 fully saturated rings. The molecule has 8 heteroatoms. The highest BCUT2D eigenvalue weighted by atomic mass is 16.2. The number of benzene rings is 2. The zero-order valence-corrected chi connectivity index (χ0v) is 17.9. The highest BCUT2D eigenvalue weighted by molar-refractivity contribution is 6.04. The normalized spacial score (nSPS) is 14.7. The van der Waals surface area contributed by atoms with Crippen LogP contribution in [0.4, 0.5) is 5.82 Å². The SMILES string of the molecule is Cc1ccc(CNC(=O)C[C@H]2C(=O)Nc3c2c(=O)n(C)c(=O)n3Cc2ccccc2)cc1. The van der Waals surface area contributed by atoms with Gasteiger partial charge in [-0.15, -0.1) is 0 Å². The second-order valence-corrected chi connectivity index (χ2v) is 7.99. The van der Waals surface area contributed by atoms with E-state index in [2.05, 4.69) is 10.6 Å². The van der Waals surface area contributed by atoms with Gasteiger partial charge >= 0.3 is 5.69 Å². The van der Waals surface area contributed by atoms with Crippen molar-refractivity contribution in [2.75, 3.05) is 5.32 Å². The van der Waals surface area contributed by atoms with E-state index in [4.69, 9.17) is 0 Å². The Bertz CT molecular complexity index is 1290. The van der Waals surface area contributed by atoms with E-state index in [0.29, 0.717) is 6.54 Å². The number of aromatic nitrogens is 2. The number of carbonyl (C=O) groups is 2. The first kappa shape index (κ1) is 21.3. The molecule has 1 aliphatic rings. The maximum Gasteiger partial charge on any atom is 0.332 e. The summed E-state index contributed by atoms with van der Waals surface area (Å²) in [6.07, 6.45) is -0.177. The second kappa shape index (κ2) is 8.66. The maximum atomic E-state index is 12.9. The van der Waals surface area contributed by atoms with E-state index in [1.807, 2.05) is 61.5 Å². The minimum atomic E-state index is -0.954. The summed E-state index contributed by atoms with van der Waals surface area (Å²) in [6.45, 7) is 2.50. The zero-order chi connectivity index (χ0) is 22.8. The van der Waals surface area contributed by atoms with Crippen molar-refractivity contribution in [1.29, 1.82) is 0 Å². The molecule has 4 rings (SSSR count). The van der Waals surface area contributed by atoms with Gasteiger partial charge in [0.1, 0.15) is 5.82 Å². The van der Waals surface area contributed by atoms with Gasteiger partial charge in [0.05, 0.1) is 18.0 Å². The molecule has 2 amide bonds. The first-order valence-corrected chi connectivity index (χ1v) is 10.4. The lowest BCUT2D eigenvalue weighted by molar-refractivity contribution is -0.125. The number of hydrogen-bond donors (Lipinski definition) is 2. The van der Waals surface area contributed by atoms with Gasteiger partial charge in [0.15, 0.2) is 0 Å². The van der Waals surface area contributed by atoms with Gasteiger partial charge in [-0.1, -0.05) is 60.2 Å². The predicted octanol–water partition coefficient (Wildman–Crippen LogP) is 1.65. The Labute approximate surface area is 184 Å². The number of anilines is 1. The van der Waals surface area contributed by atoms with Crippen LogP contribution in [-0.2, 0) is 29.7 Å². The highest BCUT2D eigenvalue weighted by Crippen LogP contribution is 2.31. The van der Waals surface area contributed by atoms with Gasteiger partial charge in [0.2, 0.25) is 11.8 Å². The number of aryl methyl sites for hydroxylation is 1. The molecule has 0 aliphatic carbocycles. The molecular formula is C24H24N4O4. The lowest BCUT2D eigenvalue weighted by Gasteiger charge is -2.14. The first-order valence-electron chi connectivity index (χ1n) is 10.4. The van der Waals surface area contributed by atoms with Crippen LogP contribution in [-0.4, -0.2) is 20.9 Å². The Balaban J connectivity index is 1.59. The molecule has 1 atom stereocenters. The molecule has 0 saturated heterocycles. The molecule has 164 valence electrons. The van der Waals surface area contributed by atoms with Gasteiger partial charge in [0.25, 0.3) is 5.56 Å². The molecule has 0 bridgehead atoms. The Hall–Kier alpha value is -3.94. The van der Waals surface area contributed by atoms with Gasteiger partial charge in [-0.25, -0.2) is 4.79 Å². The summed E-state index contributed by atoms with van der Waals surface area (Å²) in [6, 6.07) is 17.0. The lowest BCUT2D eigenvalue weighted by atomic mass is 9.99. The fourth-order valence-electron chi connectivity index (χ4n) is 3.85. The van der Waals surface area contributed by atoms with E-state index in [0.717, 1.165) is 21.3 Å².